The largest absolute Gasteiger partial charge is 0.378 e. The Morgan fingerprint density at radius 1 is 1.03 bits per heavy atom. The highest BCUT2D eigenvalue weighted by Crippen LogP contribution is 2.37. The van der Waals surface area contributed by atoms with Gasteiger partial charge in [0.05, 0.1) is 29.6 Å². The molecule has 7 heteroatoms. The maximum atomic E-state index is 6.71. The molecule has 1 aromatic carbocycles. The van der Waals surface area contributed by atoms with Gasteiger partial charge in [-0.05, 0) is 50.3 Å². The second-order valence-corrected chi connectivity index (χ2v) is 9.62. The summed E-state index contributed by atoms with van der Waals surface area (Å²) in [7, 11) is 0. The molecule has 0 aromatic heterocycles. The lowest BCUT2D eigenvalue weighted by Gasteiger charge is -2.36. The number of hydrazine groups is 1. The van der Waals surface area contributed by atoms with Gasteiger partial charge in [0.1, 0.15) is 6.17 Å². The third kappa shape index (κ3) is 5.43. The molecule has 0 aliphatic carbocycles. The number of anilines is 1. The van der Waals surface area contributed by atoms with Crippen LogP contribution in [0.3, 0.4) is 0 Å². The average molecular weight is 456 g/mol. The van der Waals surface area contributed by atoms with Crippen molar-refractivity contribution in [1.82, 2.24) is 9.91 Å². The van der Waals surface area contributed by atoms with Crippen LogP contribution in [-0.4, -0.2) is 61.3 Å². The summed E-state index contributed by atoms with van der Waals surface area (Å²) < 4.78 is 12.0. The van der Waals surface area contributed by atoms with E-state index in [9.17, 15) is 0 Å². The Kier molecular flexibility index (Phi) is 8.18. The Morgan fingerprint density at radius 2 is 1.80 bits per heavy atom. The molecule has 4 rings (SSSR count). The molecule has 0 saturated carbocycles. The van der Waals surface area contributed by atoms with Crippen molar-refractivity contribution in [3.63, 3.8) is 0 Å². The van der Waals surface area contributed by atoms with E-state index < -0.39 is 0 Å². The van der Waals surface area contributed by atoms with Gasteiger partial charge in [0.2, 0.25) is 0 Å². The maximum absolute atomic E-state index is 6.71. The van der Waals surface area contributed by atoms with Crippen LogP contribution in [0.1, 0.15) is 58.3 Å². The van der Waals surface area contributed by atoms with Gasteiger partial charge in [-0.1, -0.05) is 43.0 Å². The van der Waals surface area contributed by atoms with E-state index in [0.717, 1.165) is 70.8 Å². The molecule has 3 aliphatic heterocycles. The van der Waals surface area contributed by atoms with Crippen LogP contribution < -0.4 is 5.01 Å². The maximum Gasteiger partial charge on any atom is 0.101 e. The molecule has 5 nitrogen and oxygen atoms in total. The summed E-state index contributed by atoms with van der Waals surface area (Å²) in [4.78, 5) is 2.61. The molecule has 3 atom stereocenters. The molecule has 3 unspecified atom stereocenters. The van der Waals surface area contributed by atoms with Crippen LogP contribution in [0.4, 0.5) is 5.69 Å². The average Bonchev–Trinajstić information content (AvgIpc) is 3.47. The number of nitrogens with zero attached hydrogens (tertiary/aromatic N) is 3. The molecule has 3 heterocycles. The van der Waals surface area contributed by atoms with Crippen molar-refractivity contribution in [2.75, 3.05) is 38.0 Å². The molecule has 3 saturated heterocycles. The van der Waals surface area contributed by atoms with Gasteiger partial charge in [-0.3, -0.25) is 9.91 Å². The lowest BCUT2D eigenvalue weighted by Crippen LogP contribution is -2.47. The lowest BCUT2D eigenvalue weighted by molar-refractivity contribution is 0.0717. The molecule has 3 fully saturated rings. The first-order valence-corrected chi connectivity index (χ1v) is 12.4. The monoisotopic (exact) mass is 455 g/mol. The fraction of sp³-hybridized carbons (Fsp3) is 0.739. The second-order valence-electron chi connectivity index (χ2n) is 8.78. The number of hydrogen-bond acceptors (Lipinski definition) is 5. The van der Waals surface area contributed by atoms with Crippen molar-refractivity contribution in [3.8, 4) is 0 Å². The van der Waals surface area contributed by atoms with E-state index in [2.05, 4.69) is 27.9 Å². The van der Waals surface area contributed by atoms with Crippen molar-refractivity contribution in [2.45, 2.75) is 76.7 Å². The minimum Gasteiger partial charge on any atom is -0.378 e. The van der Waals surface area contributed by atoms with Crippen LogP contribution in [0, 0.1) is 0 Å². The fourth-order valence-electron chi connectivity index (χ4n) is 4.96. The van der Waals surface area contributed by atoms with E-state index in [1.807, 2.05) is 12.1 Å². The van der Waals surface area contributed by atoms with E-state index in [1.165, 1.54) is 19.3 Å². The molecule has 0 spiro atoms. The quantitative estimate of drug-likeness (QED) is 0.454. The molecule has 0 amide bonds. The number of benzene rings is 1. The zero-order chi connectivity index (χ0) is 20.9. The van der Waals surface area contributed by atoms with Gasteiger partial charge < -0.3 is 9.47 Å². The Morgan fingerprint density at radius 3 is 2.47 bits per heavy atom. The van der Waals surface area contributed by atoms with Gasteiger partial charge in [-0.25, -0.2) is 5.01 Å². The number of ether oxygens (including phenoxy) is 2. The van der Waals surface area contributed by atoms with Crippen LogP contribution in [0.25, 0.3) is 0 Å². The first kappa shape index (κ1) is 22.6. The molecule has 0 bridgehead atoms. The Labute approximate surface area is 191 Å². The Hall–Kier alpha value is -0.560. The topological polar surface area (TPSA) is 28.2 Å². The predicted octanol–water partition coefficient (Wildman–Crippen LogP) is 5.55. The van der Waals surface area contributed by atoms with E-state index in [4.69, 9.17) is 32.7 Å². The lowest BCUT2D eigenvalue weighted by atomic mass is 10.1. The van der Waals surface area contributed by atoms with Gasteiger partial charge in [-0.15, -0.1) is 0 Å². The summed E-state index contributed by atoms with van der Waals surface area (Å²) in [6.07, 6.45) is 10.1. The van der Waals surface area contributed by atoms with Crippen LogP contribution in [-0.2, 0) is 9.47 Å². The van der Waals surface area contributed by atoms with E-state index in [-0.39, 0.29) is 12.3 Å². The van der Waals surface area contributed by atoms with Crippen molar-refractivity contribution < 1.29 is 9.47 Å². The standard InChI is InChI=1S/C23H35Cl2N3O2/c1-2-3-4-11-26-17-27(16-20-8-6-13-30-20)28(22-10-9-18(24)14-21(22)25)23(26)15-19-7-5-12-29-19/h9-10,14,19-20,23H,2-8,11-13,15-17H2,1H3. The zero-order valence-corrected chi connectivity index (χ0v) is 19.6. The first-order chi connectivity index (χ1) is 14.7. The fourth-order valence-corrected chi connectivity index (χ4v) is 5.46. The second kappa shape index (κ2) is 10.8. The summed E-state index contributed by atoms with van der Waals surface area (Å²) in [6.45, 7) is 6.91. The summed E-state index contributed by atoms with van der Waals surface area (Å²) in [6, 6.07) is 5.85. The highest BCUT2D eigenvalue weighted by atomic mass is 35.5. The zero-order valence-electron chi connectivity index (χ0n) is 18.1. The van der Waals surface area contributed by atoms with E-state index in [0.29, 0.717) is 16.1 Å². The molecule has 3 aliphatic rings. The van der Waals surface area contributed by atoms with E-state index in [1.54, 1.807) is 0 Å². The SMILES string of the molecule is CCCCCN1CN(CC2CCCO2)N(c2ccc(Cl)cc2Cl)C1CC1CCCO1. The number of hydrogen-bond donors (Lipinski definition) is 0. The minimum absolute atomic E-state index is 0.241. The minimum atomic E-state index is 0.241. The molecule has 30 heavy (non-hydrogen) atoms. The van der Waals surface area contributed by atoms with Crippen molar-refractivity contribution in [2.24, 2.45) is 0 Å². The smallest absolute Gasteiger partial charge is 0.101 e. The van der Waals surface area contributed by atoms with Crippen molar-refractivity contribution >= 4 is 28.9 Å². The molecule has 0 radical (unpaired) electrons. The van der Waals surface area contributed by atoms with Crippen LogP contribution in [0.2, 0.25) is 10.0 Å². The van der Waals surface area contributed by atoms with E-state index >= 15 is 0 Å². The van der Waals surface area contributed by atoms with Gasteiger partial charge in [-0.2, -0.15) is 0 Å². The molecule has 0 N–H and O–H groups in total. The highest BCUT2D eigenvalue weighted by Gasteiger charge is 2.41. The summed E-state index contributed by atoms with van der Waals surface area (Å²) in [5.74, 6) is 0. The summed E-state index contributed by atoms with van der Waals surface area (Å²) in [5, 5.41) is 6.22. The Bertz CT molecular complexity index is 680. The van der Waals surface area contributed by atoms with Crippen molar-refractivity contribution in [3.05, 3.63) is 28.2 Å². The van der Waals surface area contributed by atoms with Crippen LogP contribution in [0.15, 0.2) is 18.2 Å². The van der Waals surface area contributed by atoms with Gasteiger partial charge in [0, 0.05) is 37.7 Å². The molecule has 1 aromatic rings. The third-order valence-electron chi connectivity index (χ3n) is 6.49. The summed E-state index contributed by atoms with van der Waals surface area (Å²) >= 11 is 12.9. The number of halogens is 2. The van der Waals surface area contributed by atoms with Gasteiger partial charge in [0.25, 0.3) is 0 Å². The van der Waals surface area contributed by atoms with Gasteiger partial charge >= 0.3 is 0 Å². The normalized spacial score (nSPS) is 28.1. The van der Waals surface area contributed by atoms with Crippen LogP contribution in [0.5, 0.6) is 0 Å². The molecule has 168 valence electrons. The number of unbranched alkanes of at least 4 members (excludes halogenated alkanes) is 2. The predicted molar refractivity (Wildman–Crippen MR) is 123 cm³/mol. The molecular formula is C23H35Cl2N3O2. The molecular weight excluding hydrogens is 421 g/mol. The first-order valence-electron chi connectivity index (χ1n) is 11.6. The summed E-state index contributed by atoms with van der Waals surface area (Å²) in [5.41, 5.74) is 1.03. The van der Waals surface area contributed by atoms with Gasteiger partial charge in [0.15, 0.2) is 0 Å². The number of rotatable bonds is 9. The third-order valence-corrected chi connectivity index (χ3v) is 7.03. The van der Waals surface area contributed by atoms with Crippen molar-refractivity contribution in [1.29, 1.82) is 0 Å². The van der Waals surface area contributed by atoms with Crippen LogP contribution >= 0.6 is 23.2 Å². The highest BCUT2D eigenvalue weighted by molar-refractivity contribution is 6.36. The Balaban J connectivity index is 1.61.